The van der Waals surface area contributed by atoms with Crippen LogP contribution in [-0.2, 0) is 0 Å². The average molecular weight is 153 g/mol. The fraction of sp³-hybridized carbons (Fsp3) is 0.800. The summed E-state index contributed by atoms with van der Waals surface area (Å²) in [7, 11) is 0. The number of hydrogen-bond donors (Lipinski definition) is 1. The van der Waals surface area contributed by atoms with Gasteiger partial charge in [-0.2, -0.15) is 0 Å². The first-order chi connectivity index (χ1) is 5.02. The molecule has 64 valence electrons. The van der Waals surface area contributed by atoms with Crippen LogP contribution >= 0.6 is 0 Å². The predicted molar refractivity (Wildman–Crippen MR) is 49.4 cm³/mol. The van der Waals surface area contributed by atoms with E-state index in [4.69, 9.17) is 5.73 Å². The Balaban J connectivity index is 2.48. The second kappa shape index (κ2) is 2.98. The highest BCUT2D eigenvalue weighted by atomic mass is 14.8. The van der Waals surface area contributed by atoms with Gasteiger partial charge in [0.25, 0.3) is 0 Å². The van der Waals surface area contributed by atoms with E-state index in [1.165, 1.54) is 24.8 Å². The van der Waals surface area contributed by atoms with Crippen LogP contribution in [0.25, 0.3) is 0 Å². The molecule has 0 amide bonds. The van der Waals surface area contributed by atoms with Gasteiger partial charge in [-0.25, -0.2) is 0 Å². The van der Waals surface area contributed by atoms with E-state index in [0.29, 0.717) is 0 Å². The average Bonchev–Trinajstić information content (AvgIpc) is 2.08. The van der Waals surface area contributed by atoms with Crippen LogP contribution in [0.3, 0.4) is 0 Å². The Morgan fingerprint density at radius 1 is 1.73 bits per heavy atom. The van der Waals surface area contributed by atoms with Gasteiger partial charge >= 0.3 is 0 Å². The smallest absolute Gasteiger partial charge is 0.0194 e. The predicted octanol–water partition coefficient (Wildman–Crippen LogP) is 2.47. The molecular formula is C10H19N. The van der Waals surface area contributed by atoms with Crippen molar-refractivity contribution in [3.8, 4) is 0 Å². The molecule has 0 aromatic carbocycles. The van der Waals surface area contributed by atoms with Crippen molar-refractivity contribution in [2.24, 2.45) is 11.7 Å². The zero-order chi connectivity index (χ0) is 8.48. The van der Waals surface area contributed by atoms with Crippen molar-refractivity contribution in [2.75, 3.05) is 0 Å². The molecular weight excluding hydrogens is 134 g/mol. The zero-order valence-corrected chi connectivity index (χ0v) is 7.69. The summed E-state index contributed by atoms with van der Waals surface area (Å²) >= 11 is 0. The lowest BCUT2D eigenvalue weighted by Crippen LogP contribution is -2.36. The summed E-state index contributed by atoms with van der Waals surface area (Å²) in [6, 6.07) is 0. The molecule has 0 bridgehead atoms. The highest BCUT2D eigenvalue weighted by Gasteiger charge is 2.32. The first kappa shape index (κ1) is 8.79. The number of hydrogen-bond acceptors (Lipinski definition) is 1. The molecule has 1 aliphatic carbocycles. The zero-order valence-electron chi connectivity index (χ0n) is 7.69. The van der Waals surface area contributed by atoms with Gasteiger partial charge in [0.2, 0.25) is 0 Å². The Morgan fingerprint density at radius 2 is 2.36 bits per heavy atom. The Labute approximate surface area is 69.7 Å². The van der Waals surface area contributed by atoms with Crippen molar-refractivity contribution in [1.29, 1.82) is 0 Å². The molecule has 0 aromatic heterocycles. The molecule has 2 N–H and O–H groups in total. The molecule has 1 aliphatic rings. The Bertz CT molecular complexity index is 162. The summed E-state index contributed by atoms with van der Waals surface area (Å²) in [5.74, 6) is 0.819. The van der Waals surface area contributed by atoms with Gasteiger partial charge in [-0.15, -0.1) is 6.58 Å². The second-order valence-electron chi connectivity index (χ2n) is 4.34. The topological polar surface area (TPSA) is 26.0 Å². The fourth-order valence-corrected chi connectivity index (χ4v) is 2.19. The third-order valence-electron chi connectivity index (χ3n) is 2.54. The van der Waals surface area contributed by atoms with Crippen molar-refractivity contribution in [1.82, 2.24) is 0 Å². The minimum Gasteiger partial charge on any atom is -0.325 e. The third-order valence-corrected chi connectivity index (χ3v) is 2.54. The largest absolute Gasteiger partial charge is 0.325 e. The molecule has 0 aliphatic heterocycles. The van der Waals surface area contributed by atoms with E-state index in [2.05, 4.69) is 20.4 Å². The second-order valence-corrected chi connectivity index (χ2v) is 4.34. The van der Waals surface area contributed by atoms with Crippen LogP contribution in [0.15, 0.2) is 12.2 Å². The molecule has 1 rings (SSSR count). The summed E-state index contributed by atoms with van der Waals surface area (Å²) in [4.78, 5) is 0. The lowest BCUT2D eigenvalue weighted by molar-refractivity contribution is 0.418. The van der Waals surface area contributed by atoms with Crippen molar-refractivity contribution in [3.63, 3.8) is 0 Å². The van der Waals surface area contributed by atoms with Gasteiger partial charge < -0.3 is 5.73 Å². The van der Waals surface area contributed by atoms with E-state index in [9.17, 15) is 0 Å². The fourth-order valence-electron chi connectivity index (χ4n) is 2.19. The maximum Gasteiger partial charge on any atom is 0.0194 e. The first-order valence-corrected chi connectivity index (χ1v) is 4.45. The van der Waals surface area contributed by atoms with Crippen molar-refractivity contribution in [3.05, 3.63) is 12.2 Å². The van der Waals surface area contributed by atoms with Crippen LogP contribution in [-0.4, -0.2) is 5.54 Å². The molecule has 1 heteroatoms. The van der Waals surface area contributed by atoms with E-state index < -0.39 is 0 Å². The molecule has 0 radical (unpaired) electrons. The van der Waals surface area contributed by atoms with Crippen LogP contribution < -0.4 is 5.73 Å². The molecule has 0 heterocycles. The molecule has 2 atom stereocenters. The maximum absolute atomic E-state index is 6.19. The summed E-state index contributed by atoms with van der Waals surface area (Å²) in [5, 5.41) is 0. The molecule has 2 unspecified atom stereocenters. The summed E-state index contributed by atoms with van der Waals surface area (Å²) in [6.07, 6.45) is 4.67. The highest BCUT2D eigenvalue weighted by molar-refractivity contribution is 5.03. The minimum atomic E-state index is 0.0885. The molecule has 0 spiro atoms. The van der Waals surface area contributed by atoms with Gasteiger partial charge in [-0.3, -0.25) is 0 Å². The molecule has 11 heavy (non-hydrogen) atoms. The molecule has 1 fully saturated rings. The van der Waals surface area contributed by atoms with Gasteiger partial charge in [-0.05, 0) is 38.5 Å². The summed E-state index contributed by atoms with van der Waals surface area (Å²) < 4.78 is 0. The Kier molecular flexibility index (Phi) is 2.38. The summed E-state index contributed by atoms with van der Waals surface area (Å²) in [6.45, 7) is 8.26. The maximum atomic E-state index is 6.19. The Morgan fingerprint density at radius 3 is 2.73 bits per heavy atom. The van der Waals surface area contributed by atoms with Crippen molar-refractivity contribution in [2.45, 2.75) is 45.1 Å². The monoisotopic (exact) mass is 153 g/mol. The van der Waals surface area contributed by atoms with E-state index in [1.54, 1.807) is 0 Å². The molecule has 0 saturated heterocycles. The molecule has 1 saturated carbocycles. The van der Waals surface area contributed by atoms with E-state index >= 15 is 0 Å². The Hall–Kier alpha value is -0.300. The lowest BCUT2D eigenvalue weighted by atomic mass is 9.90. The van der Waals surface area contributed by atoms with Crippen LogP contribution in [0.1, 0.15) is 39.5 Å². The number of rotatable bonds is 2. The van der Waals surface area contributed by atoms with Crippen molar-refractivity contribution >= 4 is 0 Å². The van der Waals surface area contributed by atoms with Crippen LogP contribution in [0.5, 0.6) is 0 Å². The molecule has 1 nitrogen and oxygen atoms in total. The standard InChI is InChI=1S/C10H19N/c1-8(2)6-10(11)5-4-9(3)7-10/h9H,1,4-7,11H2,2-3H3. The first-order valence-electron chi connectivity index (χ1n) is 4.45. The normalized spacial score (nSPS) is 37.5. The summed E-state index contributed by atoms with van der Waals surface area (Å²) in [5.41, 5.74) is 7.50. The lowest BCUT2D eigenvalue weighted by Gasteiger charge is -2.23. The molecule has 0 aromatic rings. The highest BCUT2D eigenvalue weighted by Crippen LogP contribution is 2.35. The minimum absolute atomic E-state index is 0.0885. The van der Waals surface area contributed by atoms with Gasteiger partial charge in [0.05, 0.1) is 0 Å². The third kappa shape index (κ3) is 2.33. The van der Waals surface area contributed by atoms with Gasteiger partial charge in [-0.1, -0.05) is 12.5 Å². The van der Waals surface area contributed by atoms with Gasteiger partial charge in [0.1, 0.15) is 0 Å². The van der Waals surface area contributed by atoms with E-state index in [0.717, 1.165) is 12.3 Å². The van der Waals surface area contributed by atoms with Crippen molar-refractivity contribution < 1.29 is 0 Å². The van der Waals surface area contributed by atoms with Gasteiger partial charge in [0, 0.05) is 5.54 Å². The number of nitrogens with two attached hydrogens (primary N) is 1. The van der Waals surface area contributed by atoms with E-state index in [1.807, 2.05) is 0 Å². The van der Waals surface area contributed by atoms with Crippen LogP contribution in [0, 0.1) is 5.92 Å². The van der Waals surface area contributed by atoms with Gasteiger partial charge in [0.15, 0.2) is 0 Å². The van der Waals surface area contributed by atoms with Crippen LogP contribution in [0.4, 0.5) is 0 Å². The van der Waals surface area contributed by atoms with Crippen LogP contribution in [0.2, 0.25) is 0 Å². The van der Waals surface area contributed by atoms with E-state index in [-0.39, 0.29) is 5.54 Å². The quantitative estimate of drug-likeness (QED) is 0.606. The SMILES string of the molecule is C=C(C)CC1(N)CCC(C)C1.